The zero-order valence-electron chi connectivity index (χ0n) is 14.0. The predicted octanol–water partition coefficient (Wildman–Crippen LogP) is 3.57. The molecule has 0 bridgehead atoms. The van der Waals surface area contributed by atoms with Crippen molar-refractivity contribution in [1.82, 2.24) is 0 Å². The second-order valence-corrected chi connectivity index (χ2v) is 10.4. The third-order valence-corrected chi connectivity index (χ3v) is 6.12. The summed E-state index contributed by atoms with van der Waals surface area (Å²) in [5, 5.41) is 0.974. The molecule has 0 amide bonds. The molecule has 0 aromatic heterocycles. The van der Waals surface area contributed by atoms with Crippen LogP contribution in [0.15, 0.2) is 24.3 Å². The monoisotopic (exact) mass is 308 g/mol. The van der Waals surface area contributed by atoms with Gasteiger partial charge < -0.3 is 13.9 Å². The fourth-order valence-corrected chi connectivity index (χ4v) is 3.93. The van der Waals surface area contributed by atoms with Gasteiger partial charge in [-0.25, -0.2) is 0 Å². The first-order valence-electron chi connectivity index (χ1n) is 7.52. The van der Waals surface area contributed by atoms with Crippen LogP contribution >= 0.6 is 7.14 Å². The zero-order chi connectivity index (χ0) is 15.9. The van der Waals surface area contributed by atoms with Gasteiger partial charge in [-0.3, -0.25) is 0 Å². The Bertz CT molecular complexity index is 546. The predicted molar refractivity (Wildman–Crippen MR) is 90.1 cm³/mol. The summed E-state index contributed by atoms with van der Waals surface area (Å²) in [5.74, 6) is 0. The molecular formula is C16H26BO3P. The zero-order valence-corrected chi connectivity index (χ0v) is 14.9. The first-order valence-corrected chi connectivity index (χ1v) is 10.1. The van der Waals surface area contributed by atoms with Gasteiger partial charge in [-0.15, -0.1) is 0 Å². The number of rotatable bonds is 4. The van der Waals surface area contributed by atoms with Gasteiger partial charge in [-0.05, 0) is 59.3 Å². The number of aryl methyl sites for hydroxylation is 1. The lowest BCUT2D eigenvalue weighted by molar-refractivity contribution is 0.00578. The average Bonchev–Trinajstić information content (AvgIpc) is 2.54. The maximum absolute atomic E-state index is 12.4. The van der Waals surface area contributed by atoms with E-state index in [2.05, 4.69) is 33.8 Å². The van der Waals surface area contributed by atoms with Gasteiger partial charge in [-0.2, -0.15) is 0 Å². The van der Waals surface area contributed by atoms with Crippen molar-refractivity contribution in [2.75, 3.05) is 13.3 Å². The largest absolute Gasteiger partial charge is 0.458 e. The smallest absolute Gasteiger partial charge is 0.403 e. The molecule has 116 valence electrons. The van der Waals surface area contributed by atoms with Crippen LogP contribution in [0.1, 0.15) is 33.3 Å². The SMILES string of the molecule is CC1(C)OB(CCc2ccccc2P(C)(C)=O)OC1(C)C. The lowest BCUT2D eigenvalue weighted by Gasteiger charge is -2.32. The summed E-state index contributed by atoms with van der Waals surface area (Å²) in [6, 6.07) is 7.98. The van der Waals surface area contributed by atoms with E-state index >= 15 is 0 Å². The van der Waals surface area contributed by atoms with E-state index in [1.54, 1.807) is 0 Å². The summed E-state index contributed by atoms with van der Waals surface area (Å²) in [6.45, 7) is 11.9. The Hall–Kier alpha value is -0.565. The quantitative estimate of drug-likeness (QED) is 0.630. The Morgan fingerprint density at radius 1 is 1.05 bits per heavy atom. The van der Waals surface area contributed by atoms with E-state index in [1.807, 2.05) is 31.5 Å². The lowest BCUT2D eigenvalue weighted by atomic mass is 9.81. The molecule has 0 N–H and O–H groups in total. The van der Waals surface area contributed by atoms with Crippen LogP contribution in [0.5, 0.6) is 0 Å². The Labute approximate surface area is 128 Å². The molecule has 0 radical (unpaired) electrons. The van der Waals surface area contributed by atoms with Crippen LogP contribution in [0.25, 0.3) is 0 Å². The van der Waals surface area contributed by atoms with Gasteiger partial charge in [0.1, 0.15) is 7.14 Å². The topological polar surface area (TPSA) is 35.5 Å². The molecule has 1 aliphatic heterocycles. The molecule has 0 atom stereocenters. The van der Waals surface area contributed by atoms with Gasteiger partial charge in [0.25, 0.3) is 0 Å². The second-order valence-electron chi connectivity index (χ2n) is 7.20. The van der Waals surface area contributed by atoms with Crippen LogP contribution in [-0.4, -0.2) is 31.7 Å². The maximum Gasteiger partial charge on any atom is 0.458 e. The lowest BCUT2D eigenvalue weighted by Crippen LogP contribution is -2.41. The van der Waals surface area contributed by atoms with Gasteiger partial charge in [0.15, 0.2) is 0 Å². The van der Waals surface area contributed by atoms with Crippen molar-refractivity contribution in [2.45, 2.75) is 51.6 Å². The Balaban J connectivity index is 2.08. The van der Waals surface area contributed by atoms with Gasteiger partial charge in [0.2, 0.25) is 0 Å². The minimum atomic E-state index is -2.25. The molecule has 1 aliphatic rings. The van der Waals surface area contributed by atoms with Crippen molar-refractivity contribution < 1.29 is 13.9 Å². The van der Waals surface area contributed by atoms with Crippen LogP contribution in [0, 0.1) is 0 Å². The second kappa shape index (κ2) is 5.57. The molecule has 21 heavy (non-hydrogen) atoms. The van der Waals surface area contributed by atoms with Crippen molar-refractivity contribution in [3.63, 3.8) is 0 Å². The minimum absolute atomic E-state index is 0.198. The number of hydrogen-bond acceptors (Lipinski definition) is 3. The summed E-state index contributed by atoms with van der Waals surface area (Å²) in [4.78, 5) is 0. The van der Waals surface area contributed by atoms with E-state index in [0.717, 1.165) is 23.6 Å². The fraction of sp³-hybridized carbons (Fsp3) is 0.625. The van der Waals surface area contributed by atoms with E-state index in [4.69, 9.17) is 9.31 Å². The normalized spacial score (nSPS) is 20.8. The molecule has 0 unspecified atom stereocenters. The van der Waals surface area contributed by atoms with Crippen molar-refractivity contribution >= 4 is 19.6 Å². The molecule has 0 saturated carbocycles. The van der Waals surface area contributed by atoms with Crippen LogP contribution < -0.4 is 5.30 Å². The molecule has 0 aliphatic carbocycles. The highest BCUT2D eigenvalue weighted by Gasteiger charge is 2.50. The maximum atomic E-state index is 12.4. The fourth-order valence-electron chi connectivity index (χ4n) is 2.60. The number of hydrogen-bond donors (Lipinski definition) is 0. The highest BCUT2D eigenvalue weighted by molar-refractivity contribution is 7.70. The van der Waals surface area contributed by atoms with Gasteiger partial charge in [0.05, 0.1) is 11.2 Å². The van der Waals surface area contributed by atoms with Crippen molar-refractivity contribution in [3.05, 3.63) is 29.8 Å². The van der Waals surface area contributed by atoms with Gasteiger partial charge >= 0.3 is 7.12 Å². The van der Waals surface area contributed by atoms with Crippen LogP contribution in [0.2, 0.25) is 6.32 Å². The van der Waals surface area contributed by atoms with E-state index in [1.165, 1.54) is 0 Å². The van der Waals surface area contributed by atoms with E-state index in [0.29, 0.717) is 0 Å². The summed E-state index contributed by atoms with van der Waals surface area (Å²) >= 11 is 0. The first kappa shape index (κ1) is 16.8. The molecule has 3 nitrogen and oxygen atoms in total. The Morgan fingerprint density at radius 3 is 2.10 bits per heavy atom. The molecule has 1 fully saturated rings. The van der Waals surface area contributed by atoms with Gasteiger partial charge in [-0.1, -0.05) is 24.3 Å². The molecular weight excluding hydrogens is 282 g/mol. The molecule has 5 heteroatoms. The average molecular weight is 308 g/mol. The third-order valence-electron chi connectivity index (χ3n) is 4.52. The minimum Gasteiger partial charge on any atom is -0.403 e. The standard InChI is InChI=1S/C16H26BO3P/c1-15(2)16(3,4)20-17(19-15)12-11-13-9-7-8-10-14(13)21(5,6)18/h7-10H,11-12H2,1-6H3. The Kier molecular flexibility index (Phi) is 4.46. The van der Waals surface area contributed by atoms with E-state index in [-0.39, 0.29) is 18.3 Å². The summed E-state index contributed by atoms with van der Waals surface area (Å²) in [6.07, 6.45) is 1.60. The highest BCUT2D eigenvalue weighted by Crippen LogP contribution is 2.39. The Morgan fingerprint density at radius 2 is 1.57 bits per heavy atom. The molecule has 1 heterocycles. The van der Waals surface area contributed by atoms with E-state index in [9.17, 15) is 4.57 Å². The highest BCUT2D eigenvalue weighted by atomic mass is 31.2. The molecule has 2 rings (SSSR count). The van der Waals surface area contributed by atoms with Crippen LogP contribution in [0.4, 0.5) is 0 Å². The molecule has 1 saturated heterocycles. The van der Waals surface area contributed by atoms with Crippen molar-refractivity contribution in [1.29, 1.82) is 0 Å². The summed E-state index contributed by atoms with van der Waals surface area (Å²) in [5.41, 5.74) is 0.560. The molecule has 1 aromatic rings. The summed E-state index contributed by atoms with van der Waals surface area (Å²) < 4.78 is 24.4. The van der Waals surface area contributed by atoms with Crippen LogP contribution in [0.3, 0.4) is 0 Å². The van der Waals surface area contributed by atoms with Crippen molar-refractivity contribution in [2.24, 2.45) is 0 Å². The first-order chi connectivity index (χ1) is 9.53. The van der Waals surface area contributed by atoms with Gasteiger partial charge in [0, 0.05) is 5.30 Å². The molecule has 0 spiro atoms. The van der Waals surface area contributed by atoms with E-state index < -0.39 is 7.14 Å². The number of benzene rings is 1. The van der Waals surface area contributed by atoms with Crippen molar-refractivity contribution in [3.8, 4) is 0 Å². The molecule has 1 aromatic carbocycles. The third kappa shape index (κ3) is 3.61. The van der Waals surface area contributed by atoms with Crippen LogP contribution in [-0.2, 0) is 20.3 Å². The summed E-state index contributed by atoms with van der Waals surface area (Å²) in [7, 11) is -2.45.